The van der Waals surface area contributed by atoms with E-state index in [0.717, 1.165) is 0 Å². The van der Waals surface area contributed by atoms with Crippen LogP contribution in [0.5, 0.6) is 0 Å². The van der Waals surface area contributed by atoms with Crippen LogP contribution in [0, 0.1) is 0 Å². The molecular weight excluding hydrogens is 212 g/mol. The molecule has 0 aliphatic carbocycles. The molecule has 2 unspecified atom stereocenters. The second-order valence-corrected chi connectivity index (χ2v) is 3.99. The van der Waals surface area contributed by atoms with E-state index in [9.17, 15) is 14.4 Å². The van der Waals surface area contributed by atoms with Crippen LogP contribution in [-0.4, -0.2) is 54.3 Å². The highest BCUT2D eigenvalue weighted by atomic mass is 16.2. The summed E-state index contributed by atoms with van der Waals surface area (Å²) in [7, 11) is 0. The molecule has 0 aromatic carbocycles. The third-order valence-electron chi connectivity index (χ3n) is 2.96. The molecule has 16 heavy (non-hydrogen) atoms. The van der Waals surface area contributed by atoms with Crippen LogP contribution in [0.2, 0.25) is 0 Å². The van der Waals surface area contributed by atoms with E-state index in [-0.39, 0.29) is 18.2 Å². The van der Waals surface area contributed by atoms with Crippen molar-refractivity contribution in [3.8, 4) is 0 Å². The number of imide groups is 1. The highest BCUT2D eigenvalue weighted by molar-refractivity contribution is 6.05. The van der Waals surface area contributed by atoms with Crippen LogP contribution in [0.1, 0.15) is 6.42 Å². The molecule has 0 spiro atoms. The number of nitrogens with one attached hydrogen (secondary N) is 2. The van der Waals surface area contributed by atoms with Crippen LogP contribution < -0.4 is 16.4 Å². The van der Waals surface area contributed by atoms with Crippen molar-refractivity contribution in [2.75, 3.05) is 19.6 Å². The molecule has 0 aromatic heterocycles. The van der Waals surface area contributed by atoms with Gasteiger partial charge < -0.3 is 11.1 Å². The summed E-state index contributed by atoms with van der Waals surface area (Å²) in [5.41, 5.74) is 5.27. The zero-order valence-corrected chi connectivity index (χ0v) is 8.73. The van der Waals surface area contributed by atoms with E-state index in [4.69, 9.17) is 5.73 Å². The molecule has 0 aromatic rings. The Morgan fingerprint density at radius 2 is 2.19 bits per heavy atom. The predicted molar refractivity (Wildman–Crippen MR) is 54.1 cm³/mol. The molecule has 2 aliphatic rings. The minimum atomic E-state index is -0.549. The zero-order valence-electron chi connectivity index (χ0n) is 8.73. The molecule has 0 saturated carbocycles. The Morgan fingerprint density at radius 3 is 2.75 bits per heavy atom. The van der Waals surface area contributed by atoms with Gasteiger partial charge in [0, 0.05) is 19.6 Å². The van der Waals surface area contributed by atoms with E-state index in [0.29, 0.717) is 19.6 Å². The number of carbonyl (C=O) groups excluding carboxylic acids is 3. The zero-order chi connectivity index (χ0) is 11.7. The minimum absolute atomic E-state index is 0.114. The molecular formula is C9H14N4O3. The standard InChI is InChI=1S/C9H14N4O3/c10-8(15)6-4-11-1-2-13(6)5-3-7(14)12-9(5)16/h5-6,11H,1-4H2,(H2,10,15)(H,12,14,16). The summed E-state index contributed by atoms with van der Waals surface area (Å²) in [6, 6.07) is -1.07. The Bertz CT molecular complexity index is 344. The molecule has 3 amide bonds. The van der Waals surface area contributed by atoms with Crippen LogP contribution >= 0.6 is 0 Å². The summed E-state index contributed by atoms with van der Waals surface area (Å²) >= 11 is 0. The molecule has 2 fully saturated rings. The Morgan fingerprint density at radius 1 is 1.44 bits per heavy atom. The Hall–Kier alpha value is -1.47. The molecule has 0 radical (unpaired) electrons. The first-order valence-corrected chi connectivity index (χ1v) is 5.19. The molecule has 2 atom stereocenters. The van der Waals surface area contributed by atoms with Gasteiger partial charge in [0.1, 0.15) is 6.04 Å². The van der Waals surface area contributed by atoms with Crippen molar-refractivity contribution in [2.45, 2.75) is 18.5 Å². The first-order valence-electron chi connectivity index (χ1n) is 5.19. The van der Waals surface area contributed by atoms with Gasteiger partial charge >= 0.3 is 0 Å². The second-order valence-electron chi connectivity index (χ2n) is 3.99. The first kappa shape index (κ1) is 11.0. The molecule has 2 rings (SSSR count). The maximum absolute atomic E-state index is 11.5. The highest BCUT2D eigenvalue weighted by Crippen LogP contribution is 2.15. The molecule has 7 heteroatoms. The van der Waals surface area contributed by atoms with Crippen molar-refractivity contribution in [1.29, 1.82) is 0 Å². The van der Waals surface area contributed by atoms with Crippen molar-refractivity contribution >= 4 is 17.7 Å². The lowest BCUT2D eigenvalue weighted by molar-refractivity contribution is -0.129. The summed E-state index contributed by atoms with van der Waals surface area (Å²) in [5.74, 6) is -1.10. The lowest BCUT2D eigenvalue weighted by Gasteiger charge is -2.36. The Kier molecular flexibility index (Phi) is 2.88. The van der Waals surface area contributed by atoms with Crippen molar-refractivity contribution in [3.63, 3.8) is 0 Å². The maximum Gasteiger partial charge on any atom is 0.244 e. The Labute approximate surface area is 92.3 Å². The van der Waals surface area contributed by atoms with Crippen molar-refractivity contribution in [2.24, 2.45) is 5.73 Å². The normalized spacial score (nSPS) is 31.5. The van der Waals surface area contributed by atoms with Gasteiger partial charge in [-0.2, -0.15) is 0 Å². The van der Waals surface area contributed by atoms with Gasteiger partial charge in [-0.15, -0.1) is 0 Å². The summed E-state index contributed by atoms with van der Waals surface area (Å²) in [6.07, 6.45) is 0.114. The fraction of sp³-hybridized carbons (Fsp3) is 0.667. The predicted octanol–water partition coefficient (Wildman–Crippen LogP) is -2.84. The number of primary amides is 1. The van der Waals surface area contributed by atoms with Gasteiger partial charge in [0.2, 0.25) is 17.7 Å². The maximum atomic E-state index is 11.5. The van der Waals surface area contributed by atoms with Crippen molar-refractivity contribution in [1.82, 2.24) is 15.5 Å². The number of piperazine rings is 1. The number of hydrogen-bond acceptors (Lipinski definition) is 5. The van der Waals surface area contributed by atoms with Gasteiger partial charge in [-0.1, -0.05) is 0 Å². The van der Waals surface area contributed by atoms with E-state index in [1.807, 2.05) is 0 Å². The molecule has 7 nitrogen and oxygen atoms in total. The molecule has 2 heterocycles. The topological polar surface area (TPSA) is 105 Å². The summed E-state index contributed by atoms with van der Waals surface area (Å²) in [5, 5.41) is 5.27. The number of hydrogen-bond donors (Lipinski definition) is 3. The van der Waals surface area contributed by atoms with Crippen molar-refractivity contribution in [3.05, 3.63) is 0 Å². The van der Waals surface area contributed by atoms with E-state index < -0.39 is 18.0 Å². The second kappa shape index (κ2) is 4.18. The largest absolute Gasteiger partial charge is 0.368 e. The van der Waals surface area contributed by atoms with Gasteiger partial charge in [-0.05, 0) is 0 Å². The average Bonchev–Trinajstić information content (AvgIpc) is 2.57. The Balaban J connectivity index is 2.14. The number of nitrogens with two attached hydrogens (primary N) is 1. The number of carbonyl (C=O) groups is 3. The van der Waals surface area contributed by atoms with Gasteiger partial charge in [-0.3, -0.25) is 24.6 Å². The lowest BCUT2D eigenvalue weighted by atomic mass is 10.1. The summed E-state index contributed by atoms with van der Waals surface area (Å²) in [4.78, 5) is 35.5. The number of nitrogens with zero attached hydrogens (tertiary/aromatic N) is 1. The number of rotatable bonds is 2. The van der Waals surface area contributed by atoms with E-state index in [1.54, 1.807) is 4.90 Å². The first-order chi connectivity index (χ1) is 7.59. The monoisotopic (exact) mass is 226 g/mol. The van der Waals surface area contributed by atoms with Gasteiger partial charge in [0.15, 0.2) is 0 Å². The van der Waals surface area contributed by atoms with Crippen LogP contribution in [0.3, 0.4) is 0 Å². The van der Waals surface area contributed by atoms with E-state index in [2.05, 4.69) is 10.6 Å². The van der Waals surface area contributed by atoms with Crippen LogP contribution in [-0.2, 0) is 14.4 Å². The van der Waals surface area contributed by atoms with Crippen LogP contribution in [0.15, 0.2) is 0 Å². The third-order valence-corrected chi connectivity index (χ3v) is 2.96. The lowest BCUT2D eigenvalue weighted by Crippen LogP contribution is -2.61. The SMILES string of the molecule is NC(=O)C1CNCCN1C1CC(=O)NC1=O. The fourth-order valence-corrected chi connectivity index (χ4v) is 2.17. The van der Waals surface area contributed by atoms with Crippen LogP contribution in [0.25, 0.3) is 0 Å². The minimum Gasteiger partial charge on any atom is -0.368 e. The summed E-state index contributed by atoms with van der Waals surface area (Å²) < 4.78 is 0. The fourth-order valence-electron chi connectivity index (χ4n) is 2.17. The van der Waals surface area contributed by atoms with Gasteiger partial charge in [0.25, 0.3) is 0 Å². The molecule has 0 bridgehead atoms. The quantitative estimate of drug-likeness (QED) is 0.440. The van der Waals surface area contributed by atoms with E-state index >= 15 is 0 Å². The molecule has 2 saturated heterocycles. The van der Waals surface area contributed by atoms with E-state index in [1.165, 1.54) is 0 Å². The van der Waals surface area contributed by atoms with Gasteiger partial charge in [0.05, 0.1) is 12.5 Å². The molecule has 4 N–H and O–H groups in total. The van der Waals surface area contributed by atoms with Gasteiger partial charge in [-0.25, -0.2) is 0 Å². The molecule has 88 valence electrons. The van der Waals surface area contributed by atoms with Crippen molar-refractivity contribution < 1.29 is 14.4 Å². The third kappa shape index (κ3) is 1.91. The number of amides is 3. The summed E-state index contributed by atoms with van der Waals surface area (Å²) in [6.45, 7) is 1.65. The average molecular weight is 226 g/mol. The smallest absolute Gasteiger partial charge is 0.244 e. The molecule has 2 aliphatic heterocycles. The highest BCUT2D eigenvalue weighted by Gasteiger charge is 2.41. The van der Waals surface area contributed by atoms with Crippen LogP contribution in [0.4, 0.5) is 0 Å².